The first-order valence-electron chi connectivity index (χ1n) is 11.4. The van der Waals surface area contributed by atoms with Crippen LogP contribution in [0.1, 0.15) is 11.1 Å². The highest BCUT2D eigenvalue weighted by atomic mass is 32.1. The quantitative estimate of drug-likeness (QED) is 0.539. The number of amides is 2. The summed E-state index contributed by atoms with van der Waals surface area (Å²) in [5.41, 5.74) is 4.63. The van der Waals surface area contributed by atoms with E-state index in [1.807, 2.05) is 0 Å². The molecule has 4 rings (SSSR count). The third kappa shape index (κ3) is 6.11. The van der Waals surface area contributed by atoms with Gasteiger partial charge in [0, 0.05) is 45.2 Å². The average Bonchev–Trinajstić information content (AvgIpc) is 3.24. The molecule has 3 aromatic rings. The Balaban J connectivity index is 1.61. The maximum atomic E-state index is 13.7. The van der Waals surface area contributed by atoms with E-state index in [1.54, 1.807) is 26.1 Å². The second-order valence-corrected chi connectivity index (χ2v) is 9.03. The minimum Gasteiger partial charge on any atom is -0.379 e. The van der Waals surface area contributed by atoms with Crippen molar-refractivity contribution >= 4 is 23.1 Å². The van der Waals surface area contributed by atoms with Crippen molar-refractivity contribution in [1.29, 1.82) is 0 Å². The number of rotatable bonds is 7. The molecule has 0 aliphatic carbocycles. The lowest BCUT2D eigenvalue weighted by molar-refractivity contribution is 0.0342. The zero-order valence-corrected chi connectivity index (χ0v) is 20.3. The minimum absolute atomic E-state index is 0.225. The molecule has 0 spiro atoms. The number of aromatic nitrogens is 1. The molecule has 2 amide bonds. The van der Waals surface area contributed by atoms with Crippen LogP contribution >= 0.6 is 11.3 Å². The first kappa shape index (κ1) is 24.1. The van der Waals surface area contributed by atoms with Crippen molar-refractivity contribution in [2.45, 2.75) is 20.0 Å². The van der Waals surface area contributed by atoms with Crippen LogP contribution in [0.25, 0.3) is 11.3 Å². The zero-order chi connectivity index (χ0) is 23.9. The Morgan fingerprint density at radius 1 is 1.18 bits per heavy atom. The van der Waals surface area contributed by atoms with E-state index < -0.39 is 0 Å². The number of thiazole rings is 1. The summed E-state index contributed by atoms with van der Waals surface area (Å²) in [5.74, 6) is -0.245. The van der Waals surface area contributed by atoms with Crippen LogP contribution in [0.15, 0.2) is 52.8 Å². The minimum atomic E-state index is -0.245. The molecular formula is C25H30FN5O2S. The van der Waals surface area contributed by atoms with Crippen LogP contribution in [0.3, 0.4) is 0 Å². The molecule has 0 unspecified atom stereocenters. The molecule has 2 heterocycles. The second-order valence-electron chi connectivity index (χ2n) is 8.19. The van der Waals surface area contributed by atoms with Crippen LogP contribution in [0.5, 0.6) is 0 Å². The normalized spacial score (nSPS) is 14.9. The number of ether oxygens (including phenoxy) is 1. The lowest BCUT2D eigenvalue weighted by atomic mass is 10.1. The van der Waals surface area contributed by atoms with Crippen LogP contribution in [0, 0.1) is 12.7 Å². The maximum absolute atomic E-state index is 13.7. The number of aryl methyl sites for hydroxylation is 1. The highest BCUT2D eigenvalue weighted by molar-refractivity contribution is 7.07. The second kappa shape index (κ2) is 11.4. The Kier molecular flexibility index (Phi) is 8.10. The molecule has 34 heavy (non-hydrogen) atoms. The lowest BCUT2D eigenvalue weighted by Gasteiger charge is -2.26. The topological polar surface area (TPSA) is 70.9 Å². The molecule has 1 aliphatic rings. The number of benzene rings is 2. The van der Waals surface area contributed by atoms with Crippen molar-refractivity contribution in [2.24, 2.45) is 4.99 Å². The molecule has 180 valence electrons. The largest absolute Gasteiger partial charge is 0.379 e. The predicted octanol–water partition coefficient (Wildman–Crippen LogP) is 3.66. The summed E-state index contributed by atoms with van der Waals surface area (Å²) in [6, 6.07) is 13.2. The Morgan fingerprint density at radius 3 is 2.65 bits per heavy atom. The van der Waals surface area contributed by atoms with Crippen molar-refractivity contribution in [3.05, 3.63) is 69.6 Å². The van der Waals surface area contributed by atoms with Crippen LogP contribution < -0.4 is 15.4 Å². The number of morpholine rings is 1. The van der Waals surface area contributed by atoms with Crippen molar-refractivity contribution in [3.63, 3.8) is 0 Å². The third-order valence-corrected chi connectivity index (χ3v) is 6.64. The van der Waals surface area contributed by atoms with Gasteiger partial charge in [0.2, 0.25) is 0 Å². The first-order valence-corrected chi connectivity index (χ1v) is 12.3. The van der Waals surface area contributed by atoms with E-state index in [9.17, 15) is 9.18 Å². The molecule has 9 heteroatoms. The van der Waals surface area contributed by atoms with Gasteiger partial charge in [0.1, 0.15) is 5.82 Å². The molecule has 0 bridgehead atoms. The molecule has 0 radical (unpaired) electrons. The fourth-order valence-electron chi connectivity index (χ4n) is 3.84. The van der Waals surface area contributed by atoms with Crippen molar-refractivity contribution < 1.29 is 13.9 Å². The van der Waals surface area contributed by atoms with Gasteiger partial charge in [0.15, 0.2) is 4.80 Å². The van der Waals surface area contributed by atoms with E-state index in [0.717, 1.165) is 48.9 Å². The molecule has 1 aliphatic heterocycles. The lowest BCUT2D eigenvalue weighted by Crippen LogP contribution is -2.36. The highest BCUT2D eigenvalue weighted by Crippen LogP contribution is 2.23. The van der Waals surface area contributed by atoms with E-state index in [4.69, 9.17) is 9.73 Å². The summed E-state index contributed by atoms with van der Waals surface area (Å²) in [6.07, 6.45) is 0. The van der Waals surface area contributed by atoms with Gasteiger partial charge >= 0.3 is 6.03 Å². The van der Waals surface area contributed by atoms with Gasteiger partial charge in [0.05, 0.1) is 24.6 Å². The SMILES string of the molecule is CNC(=O)NCCn1c(-c2ccc(CN3CCOCC3)cc2)cs/c1=N\c1ccc(F)c(C)c1. The van der Waals surface area contributed by atoms with Crippen LogP contribution in [-0.2, 0) is 17.8 Å². The van der Waals surface area contributed by atoms with Crippen molar-refractivity contribution in [2.75, 3.05) is 39.9 Å². The smallest absolute Gasteiger partial charge is 0.314 e. The van der Waals surface area contributed by atoms with Crippen LogP contribution in [0.4, 0.5) is 14.9 Å². The van der Waals surface area contributed by atoms with E-state index in [-0.39, 0.29) is 11.8 Å². The molecule has 2 aromatic carbocycles. The van der Waals surface area contributed by atoms with Gasteiger partial charge in [-0.25, -0.2) is 14.2 Å². The molecule has 1 fully saturated rings. The Morgan fingerprint density at radius 2 is 1.94 bits per heavy atom. The number of carbonyl (C=O) groups excluding carboxylic acids is 1. The number of carbonyl (C=O) groups is 1. The van der Waals surface area contributed by atoms with E-state index in [1.165, 1.54) is 23.0 Å². The number of nitrogens with one attached hydrogen (secondary N) is 2. The number of hydrogen-bond donors (Lipinski definition) is 2. The summed E-state index contributed by atoms with van der Waals surface area (Å²) in [4.78, 5) is 19.6. The maximum Gasteiger partial charge on any atom is 0.314 e. The van der Waals surface area contributed by atoms with Gasteiger partial charge in [-0.1, -0.05) is 24.3 Å². The van der Waals surface area contributed by atoms with Gasteiger partial charge in [-0.3, -0.25) is 4.90 Å². The standard InChI is InChI=1S/C25H30FN5O2S/c1-18-15-21(7-8-22(18)26)29-25-31(10-9-28-24(32)27-2)23(17-34-25)20-5-3-19(4-6-20)16-30-11-13-33-14-12-30/h3-8,15,17H,9-14,16H2,1-2H3,(H2,27,28,32)/b29-25-. The third-order valence-electron chi connectivity index (χ3n) is 5.77. The van der Waals surface area contributed by atoms with Gasteiger partial charge < -0.3 is 19.9 Å². The van der Waals surface area contributed by atoms with Crippen molar-refractivity contribution in [1.82, 2.24) is 20.1 Å². The van der Waals surface area contributed by atoms with E-state index in [0.29, 0.717) is 24.3 Å². The monoisotopic (exact) mass is 483 g/mol. The Bertz CT molecular complexity index is 1180. The number of hydrogen-bond acceptors (Lipinski definition) is 5. The summed E-state index contributed by atoms with van der Waals surface area (Å²) < 4.78 is 21.2. The van der Waals surface area contributed by atoms with Gasteiger partial charge in [-0.05, 0) is 41.8 Å². The van der Waals surface area contributed by atoms with E-state index in [2.05, 4.69) is 49.7 Å². The first-order chi connectivity index (χ1) is 16.5. The molecular weight excluding hydrogens is 453 g/mol. The molecule has 1 aromatic heterocycles. The molecule has 7 nitrogen and oxygen atoms in total. The van der Waals surface area contributed by atoms with Gasteiger partial charge in [0.25, 0.3) is 0 Å². The van der Waals surface area contributed by atoms with Gasteiger partial charge in [-0.15, -0.1) is 11.3 Å². The highest BCUT2D eigenvalue weighted by Gasteiger charge is 2.12. The predicted molar refractivity (Wildman–Crippen MR) is 133 cm³/mol. The summed E-state index contributed by atoms with van der Waals surface area (Å²) in [5, 5.41) is 7.48. The van der Waals surface area contributed by atoms with Crippen molar-refractivity contribution in [3.8, 4) is 11.3 Å². The van der Waals surface area contributed by atoms with Gasteiger partial charge in [-0.2, -0.15) is 0 Å². The van der Waals surface area contributed by atoms with Crippen LogP contribution in [0.2, 0.25) is 0 Å². The Labute approximate surface area is 202 Å². The summed E-state index contributed by atoms with van der Waals surface area (Å²) >= 11 is 1.53. The number of nitrogens with zero attached hydrogens (tertiary/aromatic N) is 3. The number of urea groups is 1. The van der Waals surface area contributed by atoms with Crippen LogP contribution in [-0.4, -0.2) is 55.4 Å². The summed E-state index contributed by atoms with van der Waals surface area (Å²) in [7, 11) is 1.59. The zero-order valence-electron chi connectivity index (χ0n) is 19.5. The fraction of sp³-hybridized carbons (Fsp3) is 0.360. The number of halogens is 1. The summed E-state index contributed by atoms with van der Waals surface area (Å²) in [6.45, 7) is 7.14. The Hall–Kier alpha value is -3.01. The average molecular weight is 484 g/mol. The molecule has 0 atom stereocenters. The molecule has 2 N–H and O–H groups in total. The van der Waals surface area contributed by atoms with E-state index >= 15 is 0 Å². The fourth-order valence-corrected chi connectivity index (χ4v) is 4.80. The molecule has 1 saturated heterocycles. The molecule has 0 saturated carbocycles.